The minimum atomic E-state index is -2.17. The third-order valence-electron chi connectivity index (χ3n) is 4.97. The molecule has 1 N–H and O–H groups in total. The SMILES string of the molecule is CCC(C)(Pc1c(F)c(F)c(F)c(F)c1F)c1cc(C)cc(C(C)(C)C)c1O. The number of benzene rings is 2. The monoisotopic (exact) mass is 418 g/mol. The summed E-state index contributed by atoms with van der Waals surface area (Å²) < 4.78 is 69.2. The fourth-order valence-electron chi connectivity index (χ4n) is 3.11. The van der Waals surface area contributed by atoms with Gasteiger partial charge in [-0.05, 0) is 24.3 Å². The molecule has 2 rings (SSSR count). The van der Waals surface area contributed by atoms with E-state index in [1.54, 1.807) is 19.9 Å². The lowest BCUT2D eigenvalue weighted by Gasteiger charge is -2.33. The molecule has 0 spiro atoms. The molecule has 154 valence electrons. The lowest BCUT2D eigenvalue weighted by atomic mass is 9.82. The van der Waals surface area contributed by atoms with Gasteiger partial charge >= 0.3 is 0 Å². The Kier molecular flexibility index (Phi) is 6.16. The summed E-state index contributed by atoms with van der Waals surface area (Å²) in [6.45, 7) is 11.0. The number of hydrogen-bond donors (Lipinski definition) is 1. The van der Waals surface area contributed by atoms with Crippen LogP contribution in [0, 0.1) is 36.0 Å². The number of aryl methyl sites for hydroxylation is 1. The van der Waals surface area contributed by atoms with E-state index >= 15 is 0 Å². The molecule has 7 heteroatoms. The van der Waals surface area contributed by atoms with Crippen molar-refractivity contribution in [1.29, 1.82) is 0 Å². The number of phenolic OH excluding ortho intramolecular Hbond substituents is 1. The summed E-state index contributed by atoms with van der Waals surface area (Å²) in [5, 5.41) is 9.03. The Hall–Kier alpha value is -1.68. The molecule has 0 aromatic heterocycles. The van der Waals surface area contributed by atoms with Crippen molar-refractivity contribution < 1.29 is 27.1 Å². The Labute approximate surface area is 163 Å². The van der Waals surface area contributed by atoms with Gasteiger partial charge in [-0.1, -0.05) is 60.9 Å². The molecule has 2 aromatic rings. The molecule has 28 heavy (non-hydrogen) atoms. The number of halogens is 5. The van der Waals surface area contributed by atoms with Crippen LogP contribution < -0.4 is 5.30 Å². The van der Waals surface area contributed by atoms with Gasteiger partial charge in [0.2, 0.25) is 5.82 Å². The molecule has 2 unspecified atom stereocenters. The van der Waals surface area contributed by atoms with Crippen molar-refractivity contribution >= 4 is 13.9 Å². The summed E-state index contributed by atoms with van der Waals surface area (Å²) in [5.74, 6) is -9.74. The van der Waals surface area contributed by atoms with E-state index < -0.39 is 53.5 Å². The van der Waals surface area contributed by atoms with E-state index in [1.165, 1.54) is 0 Å². The molecule has 1 nitrogen and oxygen atoms in total. The number of phenols is 1. The maximum absolute atomic E-state index is 14.3. The van der Waals surface area contributed by atoms with Gasteiger partial charge in [0.25, 0.3) is 0 Å². The standard InChI is InChI=1S/C21H24F5OP/c1-7-21(6,12-9-10(2)8-11(18(12)27)20(3,4)5)28-19-16(25)14(23)13(22)15(24)17(19)26/h8-9,27-28H,7H2,1-6H3. The first-order valence-corrected chi connectivity index (χ1v) is 9.88. The molecule has 0 aliphatic rings. The molecule has 2 atom stereocenters. The van der Waals surface area contributed by atoms with E-state index in [9.17, 15) is 27.1 Å². The van der Waals surface area contributed by atoms with Crippen LogP contribution in [0.3, 0.4) is 0 Å². The minimum Gasteiger partial charge on any atom is -0.507 e. The smallest absolute Gasteiger partial charge is 0.200 e. The van der Waals surface area contributed by atoms with E-state index in [1.807, 2.05) is 33.8 Å². The van der Waals surface area contributed by atoms with Crippen molar-refractivity contribution in [1.82, 2.24) is 0 Å². The molecule has 0 saturated carbocycles. The van der Waals surface area contributed by atoms with Crippen LogP contribution in [0.5, 0.6) is 5.75 Å². The van der Waals surface area contributed by atoms with Crippen LogP contribution in [0.15, 0.2) is 12.1 Å². The quantitative estimate of drug-likeness (QED) is 0.267. The number of hydrogen-bond acceptors (Lipinski definition) is 1. The van der Waals surface area contributed by atoms with Crippen LogP contribution in [-0.4, -0.2) is 5.11 Å². The highest BCUT2D eigenvalue weighted by atomic mass is 31.1. The Balaban J connectivity index is 2.71. The molecule has 0 aliphatic carbocycles. The van der Waals surface area contributed by atoms with Crippen LogP contribution in [0.4, 0.5) is 22.0 Å². The van der Waals surface area contributed by atoms with Gasteiger partial charge in [-0.2, -0.15) is 0 Å². The van der Waals surface area contributed by atoms with Crippen molar-refractivity contribution in [2.75, 3.05) is 0 Å². The summed E-state index contributed by atoms with van der Waals surface area (Å²) in [5.41, 5.74) is 1.53. The highest BCUT2D eigenvalue weighted by molar-refractivity contribution is 7.48. The molecular weight excluding hydrogens is 394 g/mol. The lowest BCUT2D eigenvalue weighted by Crippen LogP contribution is -2.25. The third-order valence-corrected chi connectivity index (χ3v) is 6.84. The maximum Gasteiger partial charge on any atom is 0.200 e. The Bertz CT molecular complexity index is 891. The Morgan fingerprint density at radius 2 is 1.25 bits per heavy atom. The third kappa shape index (κ3) is 3.89. The van der Waals surface area contributed by atoms with E-state index in [-0.39, 0.29) is 5.75 Å². The molecule has 0 heterocycles. The van der Waals surface area contributed by atoms with E-state index in [2.05, 4.69) is 0 Å². The first kappa shape index (κ1) is 22.6. The highest BCUT2D eigenvalue weighted by Gasteiger charge is 2.35. The maximum atomic E-state index is 14.3. The molecule has 0 fully saturated rings. The van der Waals surface area contributed by atoms with Crippen LogP contribution in [-0.2, 0) is 10.6 Å². The average Bonchev–Trinajstić information content (AvgIpc) is 2.62. The number of rotatable bonds is 4. The predicted octanol–water partition coefficient (Wildman–Crippen LogP) is 6.32. The summed E-state index contributed by atoms with van der Waals surface area (Å²) >= 11 is 0. The zero-order valence-electron chi connectivity index (χ0n) is 16.7. The van der Waals surface area contributed by atoms with E-state index in [4.69, 9.17) is 0 Å². The molecule has 0 bridgehead atoms. The van der Waals surface area contributed by atoms with Gasteiger partial charge in [0.1, 0.15) is 5.75 Å². The zero-order chi connectivity index (χ0) is 21.6. The molecule has 0 aliphatic heterocycles. The largest absolute Gasteiger partial charge is 0.507 e. The van der Waals surface area contributed by atoms with Crippen molar-refractivity contribution in [3.63, 3.8) is 0 Å². The Morgan fingerprint density at radius 3 is 1.68 bits per heavy atom. The second kappa shape index (κ2) is 7.62. The highest BCUT2D eigenvalue weighted by Crippen LogP contribution is 2.50. The van der Waals surface area contributed by atoms with Crippen LogP contribution >= 0.6 is 8.58 Å². The average molecular weight is 418 g/mol. The van der Waals surface area contributed by atoms with Crippen LogP contribution in [0.2, 0.25) is 0 Å². The van der Waals surface area contributed by atoms with E-state index in [0.29, 0.717) is 17.5 Å². The molecular formula is C21H24F5OP. The normalized spacial score (nSPS) is 14.7. The number of aromatic hydroxyl groups is 1. The fourth-order valence-corrected chi connectivity index (χ4v) is 4.60. The topological polar surface area (TPSA) is 20.2 Å². The van der Waals surface area contributed by atoms with Gasteiger partial charge in [0, 0.05) is 10.7 Å². The van der Waals surface area contributed by atoms with E-state index in [0.717, 1.165) is 5.56 Å². The first-order chi connectivity index (χ1) is 12.7. The van der Waals surface area contributed by atoms with Gasteiger partial charge in [-0.15, -0.1) is 0 Å². The summed E-state index contributed by atoms with van der Waals surface area (Å²) in [4.78, 5) is 0. The van der Waals surface area contributed by atoms with Crippen LogP contribution in [0.25, 0.3) is 0 Å². The van der Waals surface area contributed by atoms with Gasteiger partial charge < -0.3 is 5.11 Å². The Morgan fingerprint density at radius 1 is 0.821 bits per heavy atom. The van der Waals surface area contributed by atoms with Crippen molar-refractivity contribution in [3.8, 4) is 5.75 Å². The van der Waals surface area contributed by atoms with Gasteiger partial charge in [0.15, 0.2) is 23.3 Å². The minimum absolute atomic E-state index is 0.0150. The summed E-state index contributed by atoms with van der Waals surface area (Å²) in [6.07, 6.45) is 0.325. The van der Waals surface area contributed by atoms with Gasteiger partial charge in [0.05, 0.1) is 5.30 Å². The zero-order valence-corrected chi connectivity index (χ0v) is 17.7. The van der Waals surface area contributed by atoms with Crippen molar-refractivity contribution in [2.24, 2.45) is 0 Å². The fraction of sp³-hybridized carbons (Fsp3) is 0.429. The summed E-state index contributed by atoms with van der Waals surface area (Å²) in [6, 6.07) is 3.53. The van der Waals surface area contributed by atoms with Gasteiger partial charge in [-0.3, -0.25) is 0 Å². The van der Waals surface area contributed by atoms with Crippen LogP contribution in [0.1, 0.15) is 57.7 Å². The molecule has 2 aromatic carbocycles. The van der Waals surface area contributed by atoms with Gasteiger partial charge in [-0.25, -0.2) is 22.0 Å². The lowest BCUT2D eigenvalue weighted by molar-refractivity contribution is 0.384. The molecule has 0 radical (unpaired) electrons. The molecule has 0 saturated heterocycles. The summed E-state index contributed by atoms with van der Waals surface area (Å²) in [7, 11) is -0.771. The van der Waals surface area contributed by atoms with Crippen molar-refractivity contribution in [2.45, 2.75) is 58.5 Å². The molecule has 0 amide bonds. The second-order valence-corrected chi connectivity index (χ2v) is 10.1. The second-order valence-electron chi connectivity index (χ2n) is 8.21. The predicted molar refractivity (Wildman–Crippen MR) is 103 cm³/mol. The first-order valence-electron chi connectivity index (χ1n) is 8.88. The van der Waals surface area contributed by atoms with Crippen molar-refractivity contribution in [3.05, 3.63) is 57.9 Å².